The van der Waals surface area contributed by atoms with Gasteiger partial charge in [-0.25, -0.2) is 8.42 Å². The van der Waals surface area contributed by atoms with E-state index in [-0.39, 0.29) is 6.04 Å². The molecule has 1 atom stereocenters. The fraction of sp³-hybridized carbons (Fsp3) is 0.600. The van der Waals surface area contributed by atoms with E-state index >= 15 is 0 Å². The van der Waals surface area contributed by atoms with Gasteiger partial charge in [-0.15, -0.1) is 0 Å². The topological polar surface area (TPSA) is 63.4 Å². The quantitative estimate of drug-likeness (QED) is 0.879. The van der Waals surface area contributed by atoms with Crippen molar-refractivity contribution in [3.05, 3.63) is 28.2 Å². The highest BCUT2D eigenvalue weighted by Gasteiger charge is 2.32. The van der Waals surface area contributed by atoms with Gasteiger partial charge >= 0.3 is 0 Å². The number of rotatable bonds is 4. The van der Waals surface area contributed by atoms with Gasteiger partial charge in [0.2, 0.25) is 10.0 Å². The van der Waals surface area contributed by atoms with Crippen molar-refractivity contribution in [3.8, 4) is 0 Å². The average molecular weight is 375 g/mol. The summed E-state index contributed by atoms with van der Waals surface area (Å²) in [5.41, 5.74) is 6.48. The molecule has 4 nitrogen and oxygen atoms in total. The average Bonchev–Trinajstić information content (AvgIpc) is 2.73. The van der Waals surface area contributed by atoms with Crippen molar-refractivity contribution >= 4 is 26.0 Å². The minimum Gasteiger partial charge on any atom is -0.326 e. The molecule has 1 heterocycles. The largest absolute Gasteiger partial charge is 0.326 e. The molecule has 0 amide bonds. The Morgan fingerprint density at radius 2 is 2.10 bits per heavy atom. The van der Waals surface area contributed by atoms with Crippen LogP contribution in [0.25, 0.3) is 0 Å². The molecular weight excluding hydrogens is 352 g/mol. The molecule has 0 spiro atoms. The highest BCUT2D eigenvalue weighted by atomic mass is 79.9. The van der Waals surface area contributed by atoms with E-state index in [2.05, 4.69) is 22.9 Å². The maximum absolute atomic E-state index is 13.1. The molecule has 6 heteroatoms. The van der Waals surface area contributed by atoms with Crippen LogP contribution in [-0.4, -0.2) is 25.3 Å². The molecule has 1 aromatic rings. The molecule has 118 valence electrons. The van der Waals surface area contributed by atoms with E-state index in [9.17, 15) is 8.42 Å². The van der Waals surface area contributed by atoms with Crippen LogP contribution in [0.1, 0.15) is 44.6 Å². The Morgan fingerprint density at radius 1 is 1.33 bits per heavy atom. The molecule has 0 saturated carbocycles. The van der Waals surface area contributed by atoms with Gasteiger partial charge in [0, 0.05) is 23.6 Å². The molecule has 1 aliphatic rings. The van der Waals surface area contributed by atoms with E-state index in [0.717, 1.165) is 37.7 Å². The third-order valence-corrected chi connectivity index (χ3v) is 7.06. The first-order valence-corrected chi connectivity index (χ1v) is 9.74. The Labute approximate surface area is 135 Å². The standard InChI is InChI=1S/C15H23BrN2O2S/c1-2-13-6-4-3-5-9-18(13)21(19,20)15-10-12(11-17)7-8-14(15)16/h7-8,10,13H,2-6,9,11,17H2,1H3. The molecule has 2 N–H and O–H groups in total. The smallest absolute Gasteiger partial charge is 0.244 e. The van der Waals surface area contributed by atoms with Crippen LogP contribution in [-0.2, 0) is 16.6 Å². The number of hydrogen-bond acceptors (Lipinski definition) is 3. The normalized spacial score (nSPS) is 21.2. The summed E-state index contributed by atoms with van der Waals surface area (Å²) < 4.78 is 28.4. The first-order valence-electron chi connectivity index (χ1n) is 7.51. The van der Waals surface area contributed by atoms with Crippen molar-refractivity contribution in [2.45, 2.75) is 56.5 Å². The molecule has 1 aromatic carbocycles. The molecule has 1 fully saturated rings. The van der Waals surface area contributed by atoms with Gasteiger partial charge in [0.05, 0.1) is 4.90 Å². The van der Waals surface area contributed by atoms with E-state index in [0.29, 0.717) is 22.5 Å². The van der Waals surface area contributed by atoms with Crippen LogP contribution in [0.4, 0.5) is 0 Å². The van der Waals surface area contributed by atoms with Crippen molar-refractivity contribution in [2.75, 3.05) is 6.54 Å². The number of hydrogen-bond donors (Lipinski definition) is 1. The van der Waals surface area contributed by atoms with Gasteiger partial charge in [-0.3, -0.25) is 0 Å². The SMILES string of the molecule is CCC1CCCCCN1S(=O)(=O)c1cc(CN)ccc1Br. The molecule has 1 unspecified atom stereocenters. The first kappa shape index (κ1) is 16.9. The monoisotopic (exact) mass is 374 g/mol. The summed E-state index contributed by atoms with van der Waals surface area (Å²) in [7, 11) is -3.48. The second-order valence-electron chi connectivity index (χ2n) is 5.50. The van der Waals surface area contributed by atoms with Crippen molar-refractivity contribution in [2.24, 2.45) is 5.73 Å². The van der Waals surface area contributed by atoms with Crippen LogP contribution in [0.15, 0.2) is 27.6 Å². The summed E-state index contributed by atoms with van der Waals surface area (Å²) >= 11 is 3.38. The molecule has 2 rings (SSSR count). The molecule has 0 aromatic heterocycles. The minimum atomic E-state index is -3.48. The van der Waals surface area contributed by atoms with Gasteiger partial charge in [-0.1, -0.05) is 25.8 Å². The molecule has 0 bridgehead atoms. The number of sulfonamides is 1. The maximum atomic E-state index is 13.1. The van der Waals surface area contributed by atoms with Gasteiger partial charge in [0.1, 0.15) is 0 Å². The number of nitrogens with zero attached hydrogens (tertiary/aromatic N) is 1. The Hall–Kier alpha value is -0.430. The molecule has 0 aliphatic carbocycles. The van der Waals surface area contributed by atoms with E-state index in [1.807, 2.05) is 6.07 Å². The van der Waals surface area contributed by atoms with E-state index in [1.165, 1.54) is 0 Å². The van der Waals surface area contributed by atoms with Crippen molar-refractivity contribution in [1.29, 1.82) is 0 Å². The predicted molar refractivity (Wildman–Crippen MR) is 88.5 cm³/mol. The van der Waals surface area contributed by atoms with Gasteiger partial charge in [0.25, 0.3) is 0 Å². The van der Waals surface area contributed by atoms with Crippen molar-refractivity contribution in [1.82, 2.24) is 4.31 Å². The molecule has 1 saturated heterocycles. The highest BCUT2D eigenvalue weighted by molar-refractivity contribution is 9.10. The van der Waals surface area contributed by atoms with E-state index in [1.54, 1.807) is 16.4 Å². The van der Waals surface area contributed by atoms with Crippen LogP contribution < -0.4 is 5.73 Å². The summed E-state index contributed by atoms with van der Waals surface area (Å²) in [5.74, 6) is 0. The number of nitrogens with two attached hydrogens (primary N) is 1. The molecular formula is C15H23BrN2O2S. The van der Waals surface area contributed by atoms with E-state index < -0.39 is 10.0 Å². The zero-order valence-electron chi connectivity index (χ0n) is 12.4. The lowest BCUT2D eigenvalue weighted by Gasteiger charge is -2.28. The zero-order chi connectivity index (χ0) is 15.5. The Kier molecular flexibility index (Phi) is 5.82. The lowest BCUT2D eigenvalue weighted by Crippen LogP contribution is -2.39. The van der Waals surface area contributed by atoms with Crippen molar-refractivity contribution < 1.29 is 8.42 Å². The highest BCUT2D eigenvalue weighted by Crippen LogP contribution is 2.31. The van der Waals surface area contributed by atoms with Crippen LogP contribution in [0.2, 0.25) is 0 Å². The van der Waals surface area contributed by atoms with Crippen LogP contribution >= 0.6 is 15.9 Å². The van der Waals surface area contributed by atoms with Gasteiger partial charge in [0.15, 0.2) is 0 Å². The lowest BCUT2D eigenvalue weighted by atomic mass is 10.1. The number of benzene rings is 1. The summed E-state index contributed by atoms with van der Waals surface area (Å²) in [6.07, 6.45) is 4.95. The Balaban J connectivity index is 2.44. The second kappa shape index (κ2) is 7.22. The fourth-order valence-corrected chi connectivity index (χ4v) is 5.62. The van der Waals surface area contributed by atoms with E-state index in [4.69, 9.17) is 5.73 Å². The second-order valence-corrected chi connectivity index (χ2v) is 8.21. The van der Waals surface area contributed by atoms with Crippen LogP contribution in [0.3, 0.4) is 0 Å². The zero-order valence-corrected chi connectivity index (χ0v) is 14.8. The molecule has 0 radical (unpaired) electrons. The third kappa shape index (κ3) is 3.67. The Bertz CT molecular complexity index is 589. The number of halogens is 1. The first-order chi connectivity index (χ1) is 10.0. The van der Waals surface area contributed by atoms with Crippen molar-refractivity contribution in [3.63, 3.8) is 0 Å². The third-order valence-electron chi connectivity index (χ3n) is 4.11. The predicted octanol–water partition coefficient (Wildman–Crippen LogP) is 3.25. The van der Waals surface area contributed by atoms with Crippen LogP contribution in [0.5, 0.6) is 0 Å². The fourth-order valence-electron chi connectivity index (χ4n) is 2.87. The minimum absolute atomic E-state index is 0.103. The molecule has 1 aliphatic heterocycles. The summed E-state index contributed by atoms with van der Waals surface area (Å²) in [5, 5.41) is 0. The lowest BCUT2D eigenvalue weighted by molar-refractivity contribution is 0.315. The summed E-state index contributed by atoms with van der Waals surface area (Å²) in [6, 6.07) is 5.42. The Morgan fingerprint density at radius 3 is 2.76 bits per heavy atom. The summed E-state index contributed by atoms with van der Waals surface area (Å²) in [4.78, 5) is 0.339. The molecule has 21 heavy (non-hydrogen) atoms. The van der Waals surface area contributed by atoms with Gasteiger partial charge < -0.3 is 5.73 Å². The van der Waals surface area contributed by atoms with Gasteiger partial charge in [-0.05, 0) is 52.9 Å². The van der Waals surface area contributed by atoms with Crippen LogP contribution in [0, 0.1) is 0 Å². The summed E-state index contributed by atoms with van der Waals surface area (Å²) in [6.45, 7) is 3.01. The maximum Gasteiger partial charge on any atom is 0.244 e. The van der Waals surface area contributed by atoms with Gasteiger partial charge in [-0.2, -0.15) is 4.31 Å².